The predicted octanol–water partition coefficient (Wildman–Crippen LogP) is 3.72. The third-order valence-electron chi connectivity index (χ3n) is 3.47. The van der Waals surface area contributed by atoms with Crippen molar-refractivity contribution in [1.29, 1.82) is 0 Å². The summed E-state index contributed by atoms with van der Waals surface area (Å²) in [5.74, 6) is 0.279. The van der Waals surface area contributed by atoms with Crippen LogP contribution >= 0.6 is 11.8 Å². The van der Waals surface area contributed by atoms with Crippen molar-refractivity contribution in [1.82, 2.24) is 0 Å². The molecule has 118 valence electrons. The molecule has 1 aromatic heterocycles. The predicted molar refractivity (Wildman–Crippen MR) is 94.2 cm³/mol. The van der Waals surface area contributed by atoms with Gasteiger partial charge in [-0.1, -0.05) is 30.8 Å². The molecule has 5 nitrogen and oxygen atoms in total. The molecule has 1 N–H and O–H groups in total. The number of aryl methyl sites for hydroxylation is 1. The van der Waals surface area contributed by atoms with Gasteiger partial charge in [0.15, 0.2) is 0 Å². The Balaban J connectivity index is 1.45. The Morgan fingerprint density at radius 3 is 2.78 bits per heavy atom. The Labute approximate surface area is 138 Å². The maximum Gasteiger partial charge on any atom is 0.234 e. The van der Waals surface area contributed by atoms with Crippen molar-refractivity contribution in [3.63, 3.8) is 0 Å². The first-order valence-electron chi connectivity index (χ1n) is 7.42. The molecule has 0 unspecified atom stereocenters. The summed E-state index contributed by atoms with van der Waals surface area (Å²) in [5.41, 5.74) is 3.87. The number of rotatable bonds is 5. The van der Waals surface area contributed by atoms with Crippen LogP contribution in [0.2, 0.25) is 0 Å². The van der Waals surface area contributed by atoms with E-state index < -0.39 is 0 Å². The zero-order valence-corrected chi connectivity index (χ0v) is 13.6. The summed E-state index contributed by atoms with van der Waals surface area (Å²) >= 11 is 1.41. The van der Waals surface area contributed by atoms with Gasteiger partial charge in [-0.25, -0.2) is 0 Å². The van der Waals surface area contributed by atoms with E-state index in [9.17, 15) is 4.79 Å². The third kappa shape index (κ3) is 4.10. The molecule has 2 heterocycles. The summed E-state index contributed by atoms with van der Waals surface area (Å²) in [4.78, 5) is 12.0. The largest absolute Gasteiger partial charge is 0.472 e. The summed E-state index contributed by atoms with van der Waals surface area (Å²) in [6.45, 7) is 2.10. The molecule has 0 atom stereocenters. The number of benzene rings is 1. The average molecular weight is 327 g/mol. The van der Waals surface area contributed by atoms with Gasteiger partial charge >= 0.3 is 0 Å². The summed E-state index contributed by atoms with van der Waals surface area (Å²) in [6, 6.07) is 9.75. The lowest BCUT2D eigenvalue weighted by Gasteiger charge is -2.05. The molecule has 0 aliphatic carbocycles. The smallest absolute Gasteiger partial charge is 0.234 e. The van der Waals surface area contributed by atoms with Crippen molar-refractivity contribution in [2.75, 3.05) is 11.1 Å². The van der Waals surface area contributed by atoms with E-state index in [-0.39, 0.29) is 5.91 Å². The Kier molecular flexibility index (Phi) is 4.92. The fourth-order valence-corrected chi connectivity index (χ4v) is 2.88. The van der Waals surface area contributed by atoms with Gasteiger partial charge in [-0.2, -0.15) is 5.10 Å². The van der Waals surface area contributed by atoms with Gasteiger partial charge in [-0.15, -0.1) is 5.10 Å². The molecule has 23 heavy (non-hydrogen) atoms. The number of hydrogen-bond donors (Lipinski definition) is 1. The molecule has 1 aliphatic rings. The average Bonchev–Trinajstić information content (AvgIpc) is 3.25. The minimum Gasteiger partial charge on any atom is -0.472 e. The molecular formula is C17H17N3O2S. The van der Waals surface area contributed by atoms with E-state index in [1.54, 1.807) is 12.5 Å². The SMILES string of the molecule is CCc1ccc(NC(=O)CSC2=NN=C(c3ccoc3)C2)cc1. The zero-order chi connectivity index (χ0) is 16.1. The molecule has 0 saturated carbocycles. The number of hydrogen-bond acceptors (Lipinski definition) is 5. The zero-order valence-electron chi connectivity index (χ0n) is 12.8. The molecule has 0 fully saturated rings. The van der Waals surface area contributed by atoms with Crippen molar-refractivity contribution in [3.8, 4) is 0 Å². The highest BCUT2D eigenvalue weighted by Crippen LogP contribution is 2.19. The second-order valence-corrected chi connectivity index (χ2v) is 6.17. The van der Waals surface area contributed by atoms with Crippen LogP contribution in [0.5, 0.6) is 0 Å². The highest BCUT2D eigenvalue weighted by atomic mass is 32.2. The van der Waals surface area contributed by atoms with Crippen LogP contribution in [0.1, 0.15) is 24.5 Å². The van der Waals surface area contributed by atoms with Gasteiger partial charge in [-0.05, 0) is 30.2 Å². The fourth-order valence-electron chi connectivity index (χ4n) is 2.17. The normalized spacial score (nSPS) is 13.6. The van der Waals surface area contributed by atoms with E-state index in [1.807, 2.05) is 30.3 Å². The van der Waals surface area contributed by atoms with Gasteiger partial charge in [0, 0.05) is 17.7 Å². The standard InChI is InChI=1S/C17H17N3O2S/c1-2-12-3-5-14(6-4-12)18-16(21)11-23-17-9-15(19-20-17)13-7-8-22-10-13/h3-8,10H,2,9,11H2,1H3,(H,18,21). The highest BCUT2D eigenvalue weighted by Gasteiger charge is 2.17. The molecule has 0 spiro atoms. The summed E-state index contributed by atoms with van der Waals surface area (Å²) in [6.07, 6.45) is 4.89. The first-order chi connectivity index (χ1) is 11.2. The maximum absolute atomic E-state index is 12.0. The second kappa shape index (κ2) is 7.28. The molecule has 1 aliphatic heterocycles. The molecule has 0 radical (unpaired) electrons. The van der Waals surface area contributed by atoms with Crippen LogP contribution in [0.4, 0.5) is 5.69 Å². The lowest BCUT2D eigenvalue weighted by atomic mass is 10.1. The monoisotopic (exact) mass is 327 g/mol. The number of furan rings is 1. The molecule has 0 bridgehead atoms. The van der Waals surface area contributed by atoms with Gasteiger partial charge in [-0.3, -0.25) is 4.79 Å². The molecule has 2 aromatic rings. The van der Waals surface area contributed by atoms with Gasteiger partial charge < -0.3 is 9.73 Å². The van der Waals surface area contributed by atoms with Crippen molar-refractivity contribution in [2.24, 2.45) is 10.2 Å². The first-order valence-corrected chi connectivity index (χ1v) is 8.40. The van der Waals surface area contributed by atoms with Crippen LogP contribution in [0.15, 0.2) is 57.5 Å². The second-order valence-electron chi connectivity index (χ2n) is 5.12. The van der Waals surface area contributed by atoms with Crippen LogP contribution in [0.3, 0.4) is 0 Å². The Morgan fingerprint density at radius 2 is 2.09 bits per heavy atom. The van der Waals surface area contributed by atoms with Gasteiger partial charge in [0.25, 0.3) is 0 Å². The van der Waals surface area contributed by atoms with Crippen molar-refractivity contribution in [2.45, 2.75) is 19.8 Å². The van der Waals surface area contributed by atoms with Crippen molar-refractivity contribution < 1.29 is 9.21 Å². The number of carbonyl (C=O) groups is 1. The molecule has 1 amide bonds. The van der Waals surface area contributed by atoms with Gasteiger partial charge in [0.05, 0.1) is 24.0 Å². The quantitative estimate of drug-likeness (QED) is 0.910. The van der Waals surface area contributed by atoms with Crippen LogP contribution in [-0.4, -0.2) is 22.4 Å². The van der Waals surface area contributed by atoms with E-state index in [1.165, 1.54) is 17.3 Å². The number of anilines is 1. The molecule has 0 saturated heterocycles. The lowest BCUT2D eigenvalue weighted by molar-refractivity contribution is -0.113. The Morgan fingerprint density at radius 1 is 1.26 bits per heavy atom. The van der Waals surface area contributed by atoms with Crippen LogP contribution in [0.25, 0.3) is 0 Å². The Bertz CT molecular complexity index is 734. The highest BCUT2D eigenvalue weighted by molar-refractivity contribution is 8.14. The summed E-state index contributed by atoms with van der Waals surface area (Å²) in [7, 11) is 0. The lowest BCUT2D eigenvalue weighted by Crippen LogP contribution is -2.15. The van der Waals surface area contributed by atoms with Gasteiger partial charge in [0.1, 0.15) is 5.04 Å². The van der Waals surface area contributed by atoms with Gasteiger partial charge in [0.2, 0.25) is 5.91 Å². The minimum absolute atomic E-state index is 0.0429. The number of thioether (sulfide) groups is 1. The number of nitrogens with zero attached hydrogens (tertiary/aromatic N) is 2. The van der Waals surface area contributed by atoms with E-state index in [0.717, 1.165) is 28.4 Å². The van der Waals surface area contributed by atoms with Crippen LogP contribution in [0, 0.1) is 0 Å². The maximum atomic E-state index is 12.0. The van der Waals surface area contributed by atoms with Crippen molar-refractivity contribution in [3.05, 3.63) is 54.0 Å². The number of carbonyl (C=O) groups excluding carboxylic acids is 1. The molecular weight excluding hydrogens is 310 g/mol. The first kappa shape index (κ1) is 15.6. The topological polar surface area (TPSA) is 67.0 Å². The molecule has 3 rings (SSSR count). The van der Waals surface area contributed by atoms with E-state index >= 15 is 0 Å². The van der Waals surface area contributed by atoms with Crippen LogP contribution in [-0.2, 0) is 11.2 Å². The Hall–Kier alpha value is -2.34. The fraction of sp³-hybridized carbons (Fsp3) is 0.235. The molecule has 6 heteroatoms. The van der Waals surface area contributed by atoms with E-state index in [0.29, 0.717) is 12.2 Å². The number of amides is 1. The third-order valence-corrected chi connectivity index (χ3v) is 4.44. The summed E-state index contributed by atoms with van der Waals surface area (Å²) < 4.78 is 5.04. The van der Waals surface area contributed by atoms with Crippen LogP contribution < -0.4 is 5.32 Å². The minimum atomic E-state index is -0.0429. The number of nitrogens with one attached hydrogen (secondary N) is 1. The molecule has 1 aromatic carbocycles. The summed E-state index contributed by atoms with van der Waals surface area (Å²) in [5, 5.41) is 12.0. The van der Waals surface area contributed by atoms with E-state index in [4.69, 9.17) is 4.42 Å². The van der Waals surface area contributed by atoms with Crippen molar-refractivity contribution >= 4 is 34.1 Å². The van der Waals surface area contributed by atoms with E-state index in [2.05, 4.69) is 22.4 Å².